The molecule has 0 aromatic heterocycles. The number of hydrogen-bond donors (Lipinski definition) is 1. The van der Waals surface area contributed by atoms with E-state index in [9.17, 15) is 22.8 Å². The molecule has 174 valence electrons. The Morgan fingerprint density at radius 1 is 0.912 bits per heavy atom. The van der Waals surface area contributed by atoms with Gasteiger partial charge in [0.05, 0.1) is 11.4 Å². The van der Waals surface area contributed by atoms with Crippen molar-refractivity contribution in [1.82, 2.24) is 10.2 Å². The predicted octanol–water partition coefficient (Wildman–Crippen LogP) is 3.53. The molecule has 0 saturated carbocycles. The van der Waals surface area contributed by atoms with Gasteiger partial charge in [-0.2, -0.15) is 0 Å². The second-order valence-corrected chi connectivity index (χ2v) is 10.1. The minimum absolute atomic E-state index is 0.100. The van der Waals surface area contributed by atoms with E-state index < -0.39 is 39.6 Å². The highest BCUT2D eigenvalue weighted by atomic mass is 32.2. The van der Waals surface area contributed by atoms with Crippen LogP contribution in [0.4, 0.5) is 4.79 Å². The first kappa shape index (κ1) is 23.2. The highest BCUT2D eigenvalue weighted by Gasteiger charge is 2.49. The number of carbonyl (C=O) groups excluding carboxylic acids is 3. The average molecular weight is 479 g/mol. The van der Waals surface area contributed by atoms with Crippen LogP contribution >= 0.6 is 0 Å². The summed E-state index contributed by atoms with van der Waals surface area (Å²) in [5, 5.41) is 2.61. The molecule has 1 aliphatic rings. The highest BCUT2D eigenvalue weighted by Crippen LogP contribution is 2.30. The lowest BCUT2D eigenvalue weighted by Gasteiger charge is -2.22. The molecule has 9 heteroatoms. The number of sulfone groups is 1. The highest BCUT2D eigenvalue weighted by molar-refractivity contribution is 7.90. The SMILES string of the molecule is CC1(c2ccc(S(C)(=O)=O)cc2)NC(=O)N(CC(=O)c2ccc(Oc3ccccc3)cc2)C1=O. The summed E-state index contributed by atoms with van der Waals surface area (Å²) in [5.41, 5.74) is -0.677. The van der Waals surface area contributed by atoms with Gasteiger partial charge in [-0.15, -0.1) is 0 Å². The second kappa shape index (κ2) is 8.75. The lowest BCUT2D eigenvalue weighted by Crippen LogP contribution is -2.41. The van der Waals surface area contributed by atoms with Crippen molar-refractivity contribution < 1.29 is 27.5 Å². The van der Waals surface area contributed by atoms with Crippen molar-refractivity contribution in [3.05, 3.63) is 90.0 Å². The fourth-order valence-corrected chi connectivity index (χ4v) is 4.27. The standard InChI is InChI=1S/C25H22N2O6S/c1-25(18-10-14-21(15-11-18)34(2,31)32)23(29)27(24(30)26-25)16-22(28)17-8-12-20(13-9-17)33-19-6-4-3-5-7-19/h3-15H,16H2,1-2H3,(H,26,30). The Bertz CT molecular complexity index is 1350. The summed E-state index contributed by atoms with van der Waals surface area (Å²) >= 11 is 0. The molecule has 3 aromatic rings. The molecule has 0 bridgehead atoms. The number of imide groups is 1. The molecular weight excluding hydrogens is 456 g/mol. The van der Waals surface area contributed by atoms with Gasteiger partial charge in [-0.1, -0.05) is 30.3 Å². The number of hydrogen-bond acceptors (Lipinski definition) is 6. The van der Waals surface area contributed by atoms with Crippen molar-refractivity contribution >= 4 is 27.6 Å². The predicted molar refractivity (Wildman–Crippen MR) is 124 cm³/mol. The largest absolute Gasteiger partial charge is 0.457 e. The van der Waals surface area contributed by atoms with Crippen LogP contribution in [-0.4, -0.2) is 43.8 Å². The molecule has 1 fully saturated rings. The van der Waals surface area contributed by atoms with Gasteiger partial charge in [0.2, 0.25) is 0 Å². The van der Waals surface area contributed by atoms with E-state index in [2.05, 4.69) is 5.32 Å². The van der Waals surface area contributed by atoms with Crippen molar-refractivity contribution in [2.24, 2.45) is 0 Å². The smallest absolute Gasteiger partial charge is 0.325 e. The summed E-state index contributed by atoms with van der Waals surface area (Å²) in [4.78, 5) is 39.4. The van der Waals surface area contributed by atoms with E-state index in [1.54, 1.807) is 24.3 Å². The number of Topliss-reactive ketones (excluding diaryl/α,β-unsaturated/α-hetero) is 1. The summed E-state index contributed by atoms with van der Waals surface area (Å²) in [5.74, 6) is 0.195. The number of para-hydroxylation sites is 1. The molecule has 0 radical (unpaired) electrons. The number of amides is 3. The third kappa shape index (κ3) is 4.55. The topological polar surface area (TPSA) is 110 Å². The normalized spacial score (nSPS) is 18.0. The Balaban J connectivity index is 1.47. The molecule has 1 atom stereocenters. The molecule has 1 aliphatic heterocycles. The summed E-state index contributed by atoms with van der Waals surface area (Å²) < 4.78 is 29.1. The summed E-state index contributed by atoms with van der Waals surface area (Å²) in [6.07, 6.45) is 1.08. The molecule has 0 spiro atoms. The molecule has 1 heterocycles. The molecule has 4 rings (SSSR count). The molecule has 3 amide bonds. The number of nitrogens with zero attached hydrogens (tertiary/aromatic N) is 1. The molecule has 8 nitrogen and oxygen atoms in total. The van der Waals surface area contributed by atoms with Gasteiger partial charge in [-0.25, -0.2) is 13.2 Å². The fourth-order valence-electron chi connectivity index (χ4n) is 3.64. The number of urea groups is 1. The van der Waals surface area contributed by atoms with Crippen molar-refractivity contribution in [1.29, 1.82) is 0 Å². The van der Waals surface area contributed by atoms with Crippen LogP contribution in [-0.2, 0) is 20.2 Å². The number of ketones is 1. The van der Waals surface area contributed by atoms with E-state index in [4.69, 9.17) is 4.74 Å². The maximum Gasteiger partial charge on any atom is 0.325 e. The van der Waals surface area contributed by atoms with Gasteiger partial charge in [-0.3, -0.25) is 14.5 Å². The Hall–Kier alpha value is -3.98. The monoisotopic (exact) mass is 478 g/mol. The lowest BCUT2D eigenvalue weighted by atomic mass is 9.92. The summed E-state index contributed by atoms with van der Waals surface area (Å²) in [6.45, 7) is 1.09. The van der Waals surface area contributed by atoms with Crippen LogP contribution in [0.5, 0.6) is 11.5 Å². The van der Waals surface area contributed by atoms with Gasteiger partial charge in [0.25, 0.3) is 5.91 Å². The van der Waals surface area contributed by atoms with Gasteiger partial charge in [0, 0.05) is 11.8 Å². The van der Waals surface area contributed by atoms with Crippen molar-refractivity contribution in [2.45, 2.75) is 17.4 Å². The van der Waals surface area contributed by atoms with Crippen LogP contribution in [0.25, 0.3) is 0 Å². The van der Waals surface area contributed by atoms with E-state index in [0.29, 0.717) is 22.6 Å². The van der Waals surface area contributed by atoms with Crippen LogP contribution in [0.3, 0.4) is 0 Å². The van der Waals surface area contributed by atoms with Crippen LogP contribution in [0.15, 0.2) is 83.8 Å². The van der Waals surface area contributed by atoms with Gasteiger partial charge >= 0.3 is 6.03 Å². The molecule has 1 N–H and O–H groups in total. The first-order chi connectivity index (χ1) is 16.1. The molecule has 3 aromatic carbocycles. The first-order valence-corrected chi connectivity index (χ1v) is 12.3. The zero-order valence-corrected chi connectivity index (χ0v) is 19.3. The van der Waals surface area contributed by atoms with Crippen molar-refractivity contribution in [3.63, 3.8) is 0 Å². The van der Waals surface area contributed by atoms with E-state index in [-0.39, 0.29) is 4.90 Å². The molecule has 1 unspecified atom stereocenters. The van der Waals surface area contributed by atoms with Crippen molar-refractivity contribution in [3.8, 4) is 11.5 Å². The molecule has 34 heavy (non-hydrogen) atoms. The van der Waals surface area contributed by atoms with Gasteiger partial charge in [-0.05, 0) is 61.0 Å². The van der Waals surface area contributed by atoms with Gasteiger partial charge in [0.1, 0.15) is 17.0 Å². The third-order valence-electron chi connectivity index (χ3n) is 5.59. The number of rotatable bonds is 7. The Labute approximate surface area is 197 Å². The molecule has 0 aliphatic carbocycles. The number of ether oxygens (including phenoxy) is 1. The molecule has 1 saturated heterocycles. The maximum absolute atomic E-state index is 13.1. The maximum atomic E-state index is 13.1. The van der Waals surface area contributed by atoms with Crippen LogP contribution in [0.2, 0.25) is 0 Å². The zero-order chi connectivity index (χ0) is 24.5. The Morgan fingerprint density at radius 3 is 2.09 bits per heavy atom. The number of benzene rings is 3. The second-order valence-electron chi connectivity index (χ2n) is 8.11. The van der Waals surface area contributed by atoms with E-state index in [1.165, 1.54) is 31.2 Å². The van der Waals surface area contributed by atoms with Gasteiger partial charge in [0.15, 0.2) is 15.6 Å². The van der Waals surface area contributed by atoms with Crippen LogP contribution < -0.4 is 10.1 Å². The minimum Gasteiger partial charge on any atom is -0.457 e. The quantitative estimate of drug-likeness (QED) is 0.411. The lowest BCUT2D eigenvalue weighted by molar-refractivity contribution is -0.130. The zero-order valence-electron chi connectivity index (χ0n) is 18.5. The Morgan fingerprint density at radius 2 is 1.50 bits per heavy atom. The van der Waals surface area contributed by atoms with Crippen molar-refractivity contribution in [2.75, 3.05) is 12.8 Å². The van der Waals surface area contributed by atoms with E-state index in [0.717, 1.165) is 11.2 Å². The molecular formula is C25H22N2O6S. The number of nitrogens with one attached hydrogen (secondary N) is 1. The fraction of sp³-hybridized carbons (Fsp3) is 0.160. The Kier molecular flexibility index (Phi) is 5.97. The average Bonchev–Trinajstić information content (AvgIpc) is 3.03. The summed E-state index contributed by atoms with van der Waals surface area (Å²) in [6, 6.07) is 20.6. The third-order valence-corrected chi connectivity index (χ3v) is 6.72. The minimum atomic E-state index is -3.40. The van der Waals surface area contributed by atoms with Crippen LogP contribution in [0.1, 0.15) is 22.8 Å². The number of carbonyl (C=O) groups is 3. The van der Waals surface area contributed by atoms with E-state index >= 15 is 0 Å². The van der Waals surface area contributed by atoms with Gasteiger partial charge < -0.3 is 10.1 Å². The van der Waals surface area contributed by atoms with Crippen LogP contribution in [0, 0.1) is 0 Å². The first-order valence-electron chi connectivity index (χ1n) is 10.4. The van der Waals surface area contributed by atoms with E-state index in [1.807, 2.05) is 30.3 Å². The summed E-state index contributed by atoms with van der Waals surface area (Å²) in [7, 11) is -3.40.